The lowest BCUT2D eigenvalue weighted by molar-refractivity contribution is 0.238. The van der Waals surface area contributed by atoms with E-state index in [0.717, 1.165) is 12.3 Å². The van der Waals surface area contributed by atoms with Gasteiger partial charge in [-0.1, -0.05) is 38.3 Å². The maximum absolute atomic E-state index is 9.26. The molecule has 1 unspecified atom stereocenters. The molecule has 0 aliphatic heterocycles. The third kappa shape index (κ3) is 3.49. The van der Waals surface area contributed by atoms with Crippen LogP contribution >= 0.6 is 0 Å². The van der Waals surface area contributed by atoms with E-state index in [-0.39, 0.29) is 6.04 Å². The number of phenolic OH excluding ortho intramolecular Hbond substituents is 1. The van der Waals surface area contributed by atoms with E-state index in [4.69, 9.17) is 5.73 Å². The molecule has 1 aromatic rings. The first-order valence-electron chi connectivity index (χ1n) is 7.22. The van der Waals surface area contributed by atoms with Gasteiger partial charge in [-0.05, 0) is 48.8 Å². The molecule has 100 valence electrons. The Hall–Kier alpha value is -1.02. The van der Waals surface area contributed by atoms with Gasteiger partial charge in [0.1, 0.15) is 5.75 Å². The largest absolute Gasteiger partial charge is 0.508 e. The second-order valence-corrected chi connectivity index (χ2v) is 5.72. The molecule has 0 spiro atoms. The van der Waals surface area contributed by atoms with Gasteiger partial charge in [-0.2, -0.15) is 0 Å². The molecule has 2 nitrogen and oxygen atoms in total. The van der Waals surface area contributed by atoms with E-state index in [0.29, 0.717) is 11.7 Å². The molecule has 18 heavy (non-hydrogen) atoms. The van der Waals surface area contributed by atoms with Gasteiger partial charge in [0, 0.05) is 6.04 Å². The van der Waals surface area contributed by atoms with Crippen LogP contribution < -0.4 is 5.73 Å². The van der Waals surface area contributed by atoms with Crippen molar-refractivity contribution in [2.24, 2.45) is 17.6 Å². The summed E-state index contributed by atoms with van der Waals surface area (Å²) in [7, 11) is 0. The fourth-order valence-corrected chi connectivity index (χ4v) is 3.10. The van der Waals surface area contributed by atoms with Gasteiger partial charge in [-0.15, -0.1) is 0 Å². The molecule has 0 bridgehead atoms. The highest BCUT2D eigenvalue weighted by molar-refractivity contribution is 5.26. The highest BCUT2D eigenvalue weighted by atomic mass is 16.3. The summed E-state index contributed by atoms with van der Waals surface area (Å²) in [4.78, 5) is 0. The molecule has 0 saturated heterocycles. The van der Waals surface area contributed by atoms with Crippen LogP contribution in [-0.4, -0.2) is 11.1 Å². The number of phenols is 1. The summed E-state index contributed by atoms with van der Waals surface area (Å²) in [6.07, 6.45) is 7.53. The second-order valence-electron chi connectivity index (χ2n) is 5.72. The Balaban J connectivity index is 1.85. The Labute approximate surface area is 110 Å². The second kappa shape index (κ2) is 6.24. The molecular formula is C16H25NO. The Morgan fingerprint density at radius 3 is 2.33 bits per heavy atom. The van der Waals surface area contributed by atoms with Gasteiger partial charge >= 0.3 is 0 Å². The summed E-state index contributed by atoms with van der Waals surface area (Å²) in [6.45, 7) is 2.29. The Morgan fingerprint density at radius 1 is 1.17 bits per heavy atom. The predicted octanol–water partition coefficient (Wildman–Crippen LogP) is 3.48. The lowest BCUT2D eigenvalue weighted by Gasteiger charge is -2.31. The molecule has 0 heterocycles. The van der Waals surface area contributed by atoms with Crippen molar-refractivity contribution >= 4 is 0 Å². The van der Waals surface area contributed by atoms with Crippen molar-refractivity contribution in [3.05, 3.63) is 29.8 Å². The van der Waals surface area contributed by atoms with Crippen LogP contribution in [0.5, 0.6) is 5.75 Å². The Bertz CT molecular complexity index is 352. The van der Waals surface area contributed by atoms with Crippen molar-refractivity contribution < 1.29 is 5.11 Å². The van der Waals surface area contributed by atoms with E-state index in [1.165, 1.54) is 37.7 Å². The SMILES string of the molecule is CCC1CCC(C(N)Cc2ccc(O)cc2)CC1. The summed E-state index contributed by atoms with van der Waals surface area (Å²) in [5.41, 5.74) is 7.58. The van der Waals surface area contributed by atoms with Crippen LogP contribution in [0.15, 0.2) is 24.3 Å². The topological polar surface area (TPSA) is 46.2 Å². The minimum absolute atomic E-state index is 0.271. The maximum atomic E-state index is 9.26. The van der Waals surface area contributed by atoms with Crippen LogP contribution in [0.4, 0.5) is 0 Å². The van der Waals surface area contributed by atoms with Gasteiger partial charge in [0.05, 0.1) is 0 Å². The van der Waals surface area contributed by atoms with Gasteiger partial charge in [0.25, 0.3) is 0 Å². The van der Waals surface area contributed by atoms with E-state index in [9.17, 15) is 5.11 Å². The third-order valence-electron chi connectivity index (χ3n) is 4.48. The fraction of sp³-hybridized carbons (Fsp3) is 0.625. The van der Waals surface area contributed by atoms with E-state index < -0.39 is 0 Å². The van der Waals surface area contributed by atoms with Crippen LogP contribution in [0.1, 0.15) is 44.6 Å². The van der Waals surface area contributed by atoms with Gasteiger partial charge in [0.2, 0.25) is 0 Å². The number of hydrogen-bond acceptors (Lipinski definition) is 2. The van der Waals surface area contributed by atoms with Crippen LogP contribution in [0.3, 0.4) is 0 Å². The zero-order valence-corrected chi connectivity index (χ0v) is 11.3. The van der Waals surface area contributed by atoms with Crippen LogP contribution in [0, 0.1) is 11.8 Å². The summed E-state index contributed by atoms with van der Waals surface area (Å²) in [6, 6.07) is 7.72. The van der Waals surface area contributed by atoms with Crippen LogP contribution in [-0.2, 0) is 6.42 Å². The number of nitrogens with two attached hydrogens (primary N) is 1. The van der Waals surface area contributed by atoms with Crippen molar-refractivity contribution in [2.75, 3.05) is 0 Å². The van der Waals surface area contributed by atoms with Crippen molar-refractivity contribution in [1.29, 1.82) is 0 Å². The van der Waals surface area contributed by atoms with Crippen LogP contribution in [0.2, 0.25) is 0 Å². The lowest BCUT2D eigenvalue weighted by Crippen LogP contribution is -2.34. The first kappa shape index (κ1) is 13.4. The van der Waals surface area contributed by atoms with E-state index in [2.05, 4.69) is 6.92 Å². The Morgan fingerprint density at radius 2 is 1.78 bits per heavy atom. The molecular weight excluding hydrogens is 222 g/mol. The molecule has 0 aromatic heterocycles. The van der Waals surface area contributed by atoms with E-state index in [1.54, 1.807) is 12.1 Å². The number of benzene rings is 1. The molecule has 1 aromatic carbocycles. The van der Waals surface area contributed by atoms with E-state index >= 15 is 0 Å². The fourth-order valence-electron chi connectivity index (χ4n) is 3.10. The third-order valence-corrected chi connectivity index (χ3v) is 4.48. The Kier molecular flexibility index (Phi) is 4.65. The smallest absolute Gasteiger partial charge is 0.115 e. The quantitative estimate of drug-likeness (QED) is 0.855. The maximum Gasteiger partial charge on any atom is 0.115 e. The summed E-state index contributed by atoms with van der Waals surface area (Å²) in [5, 5.41) is 9.26. The molecule has 2 rings (SSSR count). The van der Waals surface area contributed by atoms with Crippen molar-refractivity contribution in [1.82, 2.24) is 0 Å². The highest BCUT2D eigenvalue weighted by Crippen LogP contribution is 2.32. The number of hydrogen-bond donors (Lipinski definition) is 2. The van der Waals surface area contributed by atoms with Gasteiger partial charge in [-0.25, -0.2) is 0 Å². The molecule has 0 amide bonds. The zero-order chi connectivity index (χ0) is 13.0. The van der Waals surface area contributed by atoms with Gasteiger partial charge in [-0.3, -0.25) is 0 Å². The molecule has 3 N–H and O–H groups in total. The first-order valence-corrected chi connectivity index (χ1v) is 7.22. The molecule has 1 fully saturated rings. The highest BCUT2D eigenvalue weighted by Gasteiger charge is 2.24. The summed E-state index contributed by atoms with van der Waals surface area (Å²) < 4.78 is 0. The first-order chi connectivity index (χ1) is 8.69. The van der Waals surface area contributed by atoms with Crippen molar-refractivity contribution in [3.8, 4) is 5.75 Å². The summed E-state index contributed by atoms with van der Waals surface area (Å²) in [5.74, 6) is 1.94. The normalized spacial score (nSPS) is 25.9. The predicted molar refractivity (Wildman–Crippen MR) is 75.5 cm³/mol. The van der Waals surface area contributed by atoms with Crippen LogP contribution in [0.25, 0.3) is 0 Å². The lowest BCUT2D eigenvalue weighted by atomic mass is 9.76. The monoisotopic (exact) mass is 247 g/mol. The van der Waals surface area contributed by atoms with E-state index in [1.807, 2.05) is 12.1 Å². The average Bonchev–Trinajstić information content (AvgIpc) is 2.41. The molecule has 1 saturated carbocycles. The van der Waals surface area contributed by atoms with Gasteiger partial charge < -0.3 is 10.8 Å². The zero-order valence-electron chi connectivity index (χ0n) is 11.3. The molecule has 1 aliphatic carbocycles. The van der Waals surface area contributed by atoms with Crippen molar-refractivity contribution in [3.63, 3.8) is 0 Å². The van der Waals surface area contributed by atoms with Gasteiger partial charge in [0.15, 0.2) is 0 Å². The number of aromatic hydroxyl groups is 1. The summed E-state index contributed by atoms with van der Waals surface area (Å²) >= 11 is 0. The number of rotatable bonds is 4. The molecule has 1 atom stereocenters. The minimum atomic E-state index is 0.271. The minimum Gasteiger partial charge on any atom is -0.508 e. The molecule has 2 heteroatoms. The standard InChI is InChI=1S/C16H25NO/c1-2-12-3-7-14(8-4-12)16(17)11-13-5-9-15(18)10-6-13/h5-6,9-10,12,14,16,18H,2-4,7-8,11,17H2,1H3. The average molecular weight is 247 g/mol. The van der Waals surface area contributed by atoms with Crippen molar-refractivity contribution in [2.45, 2.75) is 51.5 Å². The molecule has 1 aliphatic rings. The molecule has 0 radical (unpaired) electrons.